The number of carbonyl (C=O) groups excluding carboxylic acids is 1. The average Bonchev–Trinajstić information content (AvgIpc) is 2.56. The van der Waals surface area contributed by atoms with Gasteiger partial charge in [0.05, 0.1) is 5.92 Å². The van der Waals surface area contributed by atoms with Gasteiger partial charge in [0.2, 0.25) is 5.91 Å². The highest BCUT2D eigenvalue weighted by atomic mass is 16.3. The van der Waals surface area contributed by atoms with E-state index in [-0.39, 0.29) is 17.6 Å². The third-order valence-electron chi connectivity index (χ3n) is 4.05. The minimum absolute atomic E-state index is 0.0545. The summed E-state index contributed by atoms with van der Waals surface area (Å²) in [4.78, 5) is 14.7. The molecule has 0 heterocycles. The zero-order chi connectivity index (χ0) is 16.8. The molecule has 23 heavy (non-hydrogen) atoms. The Morgan fingerprint density at radius 1 is 1.22 bits per heavy atom. The molecule has 0 saturated heterocycles. The number of phenols is 1. The van der Waals surface area contributed by atoms with Gasteiger partial charge >= 0.3 is 0 Å². The summed E-state index contributed by atoms with van der Waals surface area (Å²) in [5.41, 5.74) is 3.21. The Morgan fingerprint density at radius 3 is 2.48 bits per heavy atom. The van der Waals surface area contributed by atoms with E-state index in [1.54, 1.807) is 30.3 Å². The van der Waals surface area contributed by atoms with Gasteiger partial charge in [-0.15, -0.1) is 6.58 Å². The lowest BCUT2D eigenvalue weighted by molar-refractivity contribution is -0.132. The molecule has 0 spiro atoms. The number of hydrogen-bond acceptors (Lipinski definition) is 2. The predicted molar refractivity (Wildman–Crippen MR) is 93.3 cm³/mol. The normalized spacial score (nSPS) is 11.7. The lowest BCUT2D eigenvalue weighted by atomic mass is 9.99. The first kappa shape index (κ1) is 16.8. The molecule has 0 aliphatic rings. The van der Waals surface area contributed by atoms with E-state index in [0.29, 0.717) is 13.1 Å². The van der Waals surface area contributed by atoms with Crippen molar-refractivity contribution in [2.45, 2.75) is 26.3 Å². The number of aryl methyl sites for hydroxylation is 1. The Bertz CT molecular complexity index is 676. The number of amides is 1. The third kappa shape index (κ3) is 4.22. The van der Waals surface area contributed by atoms with Crippen molar-refractivity contribution in [3.63, 3.8) is 0 Å². The first-order valence-electron chi connectivity index (χ1n) is 7.76. The standard InChI is InChI=1S/C20H23NO2/c1-4-13-21(14-18-8-6-5-7-15(18)2)20(23)16(3)17-9-11-19(22)12-10-17/h4-12,16,22H,1,13-14H2,2-3H3. The number of carbonyl (C=O) groups is 1. The molecule has 0 aliphatic carbocycles. The van der Waals surface area contributed by atoms with Gasteiger partial charge < -0.3 is 10.0 Å². The lowest BCUT2D eigenvalue weighted by Crippen LogP contribution is -2.34. The van der Waals surface area contributed by atoms with Gasteiger partial charge in [0.25, 0.3) is 0 Å². The van der Waals surface area contributed by atoms with Gasteiger partial charge in [-0.25, -0.2) is 0 Å². The molecule has 3 heteroatoms. The Kier molecular flexibility index (Phi) is 5.58. The van der Waals surface area contributed by atoms with E-state index in [2.05, 4.69) is 19.6 Å². The summed E-state index contributed by atoms with van der Waals surface area (Å²) < 4.78 is 0. The van der Waals surface area contributed by atoms with Gasteiger partial charge in [-0.3, -0.25) is 4.79 Å². The largest absolute Gasteiger partial charge is 0.508 e. The van der Waals surface area contributed by atoms with Crippen LogP contribution in [-0.4, -0.2) is 22.5 Å². The predicted octanol–water partition coefficient (Wildman–Crippen LogP) is 4.02. The van der Waals surface area contributed by atoms with E-state index in [9.17, 15) is 9.90 Å². The van der Waals surface area contributed by atoms with Crippen LogP contribution in [0, 0.1) is 6.92 Å². The fourth-order valence-electron chi connectivity index (χ4n) is 2.56. The van der Waals surface area contributed by atoms with E-state index in [1.165, 1.54) is 5.56 Å². The van der Waals surface area contributed by atoms with Crippen LogP contribution in [0.2, 0.25) is 0 Å². The third-order valence-corrected chi connectivity index (χ3v) is 4.05. The van der Waals surface area contributed by atoms with Crippen molar-refractivity contribution in [2.75, 3.05) is 6.54 Å². The summed E-state index contributed by atoms with van der Waals surface area (Å²) in [5.74, 6) is -0.00494. The molecule has 120 valence electrons. The van der Waals surface area contributed by atoms with E-state index in [1.807, 2.05) is 30.0 Å². The van der Waals surface area contributed by atoms with Gasteiger partial charge in [-0.05, 0) is 42.7 Å². The second-order valence-corrected chi connectivity index (χ2v) is 5.75. The van der Waals surface area contributed by atoms with Crippen LogP contribution in [0.4, 0.5) is 0 Å². The van der Waals surface area contributed by atoms with Crippen molar-refractivity contribution in [2.24, 2.45) is 0 Å². The van der Waals surface area contributed by atoms with Crippen LogP contribution < -0.4 is 0 Å². The SMILES string of the molecule is C=CCN(Cc1ccccc1C)C(=O)C(C)c1ccc(O)cc1. The molecule has 0 bridgehead atoms. The molecule has 2 aromatic rings. The fourth-order valence-corrected chi connectivity index (χ4v) is 2.56. The number of phenolic OH excluding ortho intramolecular Hbond substituents is 1. The first-order chi connectivity index (χ1) is 11.0. The highest BCUT2D eigenvalue weighted by molar-refractivity contribution is 5.83. The Hall–Kier alpha value is -2.55. The fraction of sp³-hybridized carbons (Fsp3) is 0.250. The Balaban J connectivity index is 2.19. The number of nitrogens with zero attached hydrogens (tertiary/aromatic N) is 1. The second-order valence-electron chi connectivity index (χ2n) is 5.75. The van der Waals surface area contributed by atoms with Crippen molar-refractivity contribution >= 4 is 5.91 Å². The van der Waals surface area contributed by atoms with Crippen molar-refractivity contribution in [1.82, 2.24) is 4.90 Å². The molecular weight excluding hydrogens is 286 g/mol. The lowest BCUT2D eigenvalue weighted by Gasteiger charge is -2.25. The van der Waals surface area contributed by atoms with Crippen molar-refractivity contribution in [3.8, 4) is 5.75 Å². The summed E-state index contributed by atoms with van der Waals surface area (Å²) in [7, 11) is 0. The molecule has 0 aromatic heterocycles. The molecule has 1 unspecified atom stereocenters. The average molecular weight is 309 g/mol. The molecule has 2 aromatic carbocycles. The summed E-state index contributed by atoms with van der Waals surface area (Å²) in [5, 5.41) is 9.39. The van der Waals surface area contributed by atoms with E-state index in [4.69, 9.17) is 0 Å². The monoisotopic (exact) mass is 309 g/mol. The summed E-state index contributed by atoms with van der Waals surface area (Å²) >= 11 is 0. The Morgan fingerprint density at radius 2 is 1.87 bits per heavy atom. The van der Waals surface area contributed by atoms with Crippen LogP contribution in [0.25, 0.3) is 0 Å². The topological polar surface area (TPSA) is 40.5 Å². The summed E-state index contributed by atoms with van der Waals surface area (Å²) in [6, 6.07) is 14.9. The number of benzene rings is 2. The maximum atomic E-state index is 12.8. The first-order valence-corrected chi connectivity index (χ1v) is 7.76. The van der Waals surface area contributed by atoms with Crippen LogP contribution in [-0.2, 0) is 11.3 Å². The van der Waals surface area contributed by atoms with Gasteiger partial charge in [0.1, 0.15) is 5.75 Å². The molecule has 1 N–H and O–H groups in total. The van der Waals surface area contributed by atoms with Gasteiger partial charge in [0.15, 0.2) is 0 Å². The van der Waals surface area contributed by atoms with E-state index >= 15 is 0 Å². The zero-order valence-corrected chi connectivity index (χ0v) is 13.7. The van der Waals surface area contributed by atoms with Gasteiger partial charge in [0, 0.05) is 13.1 Å². The number of rotatable bonds is 6. The number of aromatic hydroxyl groups is 1. The molecule has 0 saturated carbocycles. The van der Waals surface area contributed by atoms with Crippen LogP contribution >= 0.6 is 0 Å². The van der Waals surface area contributed by atoms with Crippen LogP contribution in [0.15, 0.2) is 61.2 Å². The molecule has 1 atom stereocenters. The highest BCUT2D eigenvalue weighted by Gasteiger charge is 2.21. The summed E-state index contributed by atoms with van der Waals surface area (Å²) in [6.07, 6.45) is 1.75. The van der Waals surface area contributed by atoms with Crippen LogP contribution in [0.1, 0.15) is 29.5 Å². The van der Waals surface area contributed by atoms with E-state index in [0.717, 1.165) is 11.1 Å². The second kappa shape index (κ2) is 7.63. The minimum Gasteiger partial charge on any atom is -0.508 e. The van der Waals surface area contributed by atoms with Crippen molar-refractivity contribution < 1.29 is 9.90 Å². The molecule has 1 amide bonds. The highest BCUT2D eigenvalue weighted by Crippen LogP contribution is 2.22. The maximum Gasteiger partial charge on any atom is 0.230 e. The van der Waals surface area contributed by atoms with Crippen LogP contribution in [0.5, 0.6) is 5.75 Å². The van der Waals surface area contributed by atoms with Gasteiger partial charge in [-0.1, -0.05) is 42.5 Å². The smallest absolute Gasteiger partial charge is 0.230 e. The summed E-state index contributed by atoms with van der Waals surface area (Å²) in [6.45, 7) is 8.78. The number of hydrogen-bond donors (Lipinski definition) is 1. The quantitative estimate of drug-likeness (QED) is 0.819. The maximum absolute atomic E-state index is 12.8. The molecular formula is C20H23NO2. The van der Waals surface area contributed by atoms with Crippen molar-refractivity contribution in [1.29, 1.82) is 0 Å². The zero-order valence-electron chi connectivity index (χ0n) is 13.7. The van der Waals surface area contributed by atoms with E-state index < -0.39 is 0 Å². The Labute approximate surface area is 137 Å². The molecule has 0 fully saturated rings. The van der Waals surface area contributed by atoms with Crippen molar-refractivity contribution in [3.05, 3.63) is 77.9 Å². The molecule has 0 aliphatic heterocycles. The minimum atomic E-state index is -0.264. The van der Waals surface area contributed by atoms with Gasteiger partial charge in [-0.2, -0.15) is 0 Å². The molecule has 0 radical (unpaired) electrons. The molecule has 3 nitrogen and oxygen atoms in total. The van der Waals surface area contributed by atoms with Crippen LogP contribution in [0.3, 0.4) is 0 Å². The molecule has 2 rings (SSSR count).